The highest BCUT2D eigenvalue weighted by molar-refractivity contribution is 6.05. The highest BCUT2D eigenvalue weighted by Crippen LogP contribution is 2.25. The number of nitrogens with zero attached hydrogens (tertiary/aromatic N) is 4. The van der Waals surface area contributed by atoms with Crippen LogP contribution in [0.25, 0.3) is 16.7 Å². The summed E-state index contributed by atoms with van der Waals surface area (Å²) in [5, 5.41) is 2.43. The lowest BCUT2D eigenvalue weighted by Gasteiger charge is -2.29. The maximum absolute atomic E-state index is 15.7. The van der Waals surface area contributed by atoms with E-state index < -0.39 is 28.8 Å². The summed E-state index contributed by atoms with van der Waals surface area (Å²) in [4.78, 5) is 32.9. The molecule has 2 aromatic carbocycles. The minimum absolute atomic E-state index is 0.0426. The highest BCUT2D eigenvalue weighted by Gasteiger charge is 2.25. The molecule has 0 radical (unpaired) electrons. The number of rotatable bonds is 13. The van der Waals surface area contributed by atoms with Gasteiger partial charge in [0.2, 0.25) is 5.43 Å². The van der Waals surface area contributed by atoms with E-state index in [0.717, 1.165) is 31.4 Å². The van der Waals surface area contributed by atoms with Crippen molar-refractivity contribution in [3.05, 3.63) is 88.0 Å². The van der Waals surface area contributed by atoms with Crippen molar-refractivity contribution in [3.8, 4) is 11.4 Å². The summed E-state index contributed by atoms with van der Waals surface area (Å²) in [6.45, 7) is 4.31. The molecule has 1 fully saturated rings. The van der Waals surface area contributed by atoms with Crippen LogP contribution in [0.4, 0.5) is 24.7 Å². The summed E-state index contributed by atoms with van der Waals surface area (Å²) < 4.78 is 51.5. The van der Waals surface area contributed by atoms with Gasteiger partial charge in [0.25, 0.3) is 5.91 Å². The Kier molecular flexibility index (Phi) is 10.3. The third-order valence-corrected chi connectivity index (χ3v) is 8.59. The Hall–Kier alpha value is -4.38. The average Bonchev–Trinajstić information content (AvgIpc) is 3.44. The molecular formula is C35H41F3N5O3+. The molecular weight excluding hydrogens is 595 g/mol. The van der Waals surface area contributed by atoms with Crippen molar-refractivity contribution in [2.45, 2.75) is 44.9 Å². The topological polar surface area (TPSA) is 76.5 Å². The molecule has 1 amide bonds. The fraction of sp³-hybridized carbons (Fsp3) is 0.400. The SMILES string of the molecule is CN(C)c1ccc2c(=O)c(C(=O)Nc3cc(F)cc(F)c3)cn(-c3ccc(OCCCCCCC[N+]4(C)CCCC4)cc3F)c2n1. The van der Waals surface area contributed by atoms with E-state index in [1.54, 1.807) is 31.1 Å². The number of hydrogen-bond donors (Lipinski definition) is 1. The van der Waals surface area contributed by atoms with Crippen molar-refractivity contribution in [3.63, 3.8) is 0 Å². The molecule has 11 heteroatoms. The number of quaternary nitrogens is 1. The van der Waals surface area contributed by atoms with Gasteiger partial charge in [0, 0.05) is 51.0 Å². The van der Waals surface area contributed by atoms with Crippen LogP contribution >= 0.6 is 0 Å². The fourth-order valence-electron chi connectivity index (χ4n) is 6.02. The van der Waals surface area contributed by atoms with Gasteiger partial charge in [-0.15, -0.1) is 0 Å². The Morgan fingerprint density at radius 1 is 0.957 bits per heavy atom. The molecule has 5 rings (SSSR count). The lowest BCUT2D eigenvalue weighted by molar-refractivity contribution is -0.897. The molecule has 3 heterocycles. The smallest absolute Gasteiger partial charge is 0.261 e. The minimum Gasteiger partial charge on any atom is -0.493 e. The van der Waals surface area contributed by atoms with Gasteiger partial charge in [0.15, 0.2) is 11.5 Å². The molecule has 4 aromatic rings. The number of anilines is 2. The number of hydrogen-bond acceptors (Lipinski definition) is 5. The van der Waals surface area contributed by atoms with Gasteiger partial charge in [-0.1, -0.05) is 12.8 Å². The van der Waals surface area contributed by atoms with Crippen molar-refractivity contribution >= 4 is 28.4 Å². The molecule has 0 unspecified atom stereocenters. The van der Waals surface area contributed by atoms with E-state index in [1.165, 1.54) is 78.8 Å². The monoisotopic (exact) mass is 636 g/mol. The number of likely N-dealkylation sites (tertiary alicyclic amines) is 1. The summed E-state index contributed by atoms with van der Waals surface area (Å²) >= 11 is 0. The molecule has 0 atom stereocenters. The van der Waals surface area contributed by atoms with E-state index in [-0.39, 0.29) is 28.0 Å². The summed E-state index contributed by atoms with van der Waals surface area (Å²) in [5.41, 5.74) is -1.00. The van der Waals surface area contributed by atoms with Gasteiger partial charge in [0.05, 0.1) is 44.4 Å². The second-order valence-electron chi connectivity index (χ2n) is 12.5. The Balaban J connectivity index is 1.31. The first-order valence-corrected chi connectivity index (χ1v) is 15.8. The first-order chi connectivity index (χ1) is 22.0. The third-order valence-electron chi connectivity index (χ3n) is 8.59. The van der Waals surface area contributed by atoms with E-state index >= 15 is 4.39 Å². The van der Waals surface area contributed by atoms with E-state index in [2.05, 4.69) is 17.3 Å². The molecule has 244 valence electrons. The molecule has 1 saturated heterocycles. The summed E-state index contributed by atoms with van der Waals surface area (Å²) in [6.07, 6.45) is 9.35. The molecule has 8 nitrogen and oxygen atoms in total. The van der Waals surface area contributed by atoms with E-state index in [4.69, 9.17) is 4.74 Å². The second-order valence-corrected chi connectivity index (χ2v) is 12.5. The van der Waals surface area contributed by atoms with Crippen molar-refractivity contribution in [2.24, 2.45) is 0 Å². The molecule has 2 aromatic heterocycles. The molecule has 0 saturated carbocycles. The van der Waals surface area contributed by atoms with E-state index in [9.17, 15) is 18.4 Å². The molecule has 1 N–H and O–H groups in total. The Morgan fingerprint density at radius 2 is 1.65 bits per heavy atom. The van der Waals surface area contributed by atoms with Crippen LogP contribution in [0.2, 0.25) is 0 Å². The van der Waals surface area contributed by atoms with Gasteiger partial charge in [-0.2, -0.15) is 0 Å². The Labute approximate surface area is 267 Å². The number of benzene rings is 2. The number of carbonyl (C=O) groups excluding carboxylic acids is 1. The number of aromatic nitrogens is 2. The average molecular weight is 637 g/mol. The zero-order valence-electron chi connectivity index (χ0n) is 26.6. The van der Waals surface area contributed by atoms with Gasteiger partial charge in [-0.05, 0) is 55.7 Å². The molecule has 1 aliphatic heterocycles. The maximum atomic E-state index is 15.7. The van der Waals surface area contributed by atoms with Crippen LogP contribution in [-0.4, -0.2) is 67.3 Å². The summed E-state index contributed by atoms with van der Waals surface area (Å²) in [7, 11) is 5.91. The Bertz CT molecular complexity index is 1750. The number of nitrogens with one attached hydrogen (secondary N) is 1. The highest BCUT2D eigenvalue weighted by atomic mass is 19.1. The first kappa shape index (κ1) is 33.0. The summed E-state index contributed by atoms with van der Waals surface area (Å²) in [6, 6.07) is 10.1. The van der Waals surface area contributed by atoms with Gasteiger partial charge in [-0.25, -0.2) is 18.2 Å². The largest absolute Gasteiger partial charge is 0.493 e. The number of carbonyl (C=O) groups is 1. The number of fused-ring (bicyclic) bond motifs is 1. The van der Waals surface area contributed by atoms with E-state index in [0.29, 0.717) is 24.2 Å². The van der Waals surface area contributed by atoms with Crippen molar-refractivity contribution in [1.29, 1.82) is 0 Å². The zero-order valence-corrected chi connectivity index (χ0v) is 26.6. The number of halogens is 3. The molecule has 0 aliphatic carbocycles. The van der Waals surface area contributed by atoms with Crippen LogP contribution in [0.15, 0.2) is 59.5 Å². The number of amides is 1. The lowest BCUT2D eigenvalue weighted by atomic mass is 10.1. The lowest BCUT2D eigenvalue weighted by Crippen LogP contribution is -2.41. The van der Waals surface area contributed by atoms with Gasteiger partial charge in [0.1, 0.15) is 28.8 Å². The normalized spacial score (nSPS) is 14.0. The standard InChI is InChI=1S/C35H40F3N5O3/c1-41(2)32-14-12-28-33(44)29(35(45)39-26-20-24(36)19-25(37)21-26)23-42(34(28)40-32)31-13-11-27(22-30(31)38)46-18-10-6-4-5-7-15-43(3)16-8-9-17-43/h11-14,19-23H,4-10,15-18H2,1-3H3/p+1. The van der Waals surface area contributed by atoms with Gasteiger partial charge >= 0.3 is 0 Å². The van der Waals surface area contributed by atoms with Gasteiger partial charge < -0.3 is 19.4 Å². The molecule has 0 spiro atoms. The van der Waals surface area contributed by atoms with Crippen molar-refractivity contribution in [1.82, 2.24) is 9.55 Å². The van der Waals surface area contributed by atoms with Crippen molar-refractivity contribution in [2.75, 3.05) is 57.6 Å². The number of pyridine rings is 2. The first-order valence-electron chi connectivity index (χ1n) is 15.8. The number of ether oxygens (including phenoxy) is 1. The zero-order chi connectivity index (χ0) is 32.8. The van der Waals surface area contributed by atoms with Crippen LogP contribution in [0.1, 0.15) is 55.3 Å². The van der Waals surface area contributed by atoms with E-state index in [1.807, 2.05) is 0 Å². The quantitative estimate of drug-likeness (QED) is 0.131. The third kappa shape index (κ3) is 7.88. The second kappa shape index (κ2) is 14.4. The van der Waals surface area contributed by atoms with Crippen LogP contribution in [0.3, 0.4) is 0 Å². The summed E-state index contributed by atoms with van der Waals surface area (Å²) in [5.74, 6) is -2.45. The van der Waals surface area contributed by atoms with Crippen LogP contribution in [0, 0.1) is 17.5 Å². The predicted molar refractivity (Wildman–Crippen MR) is 175 cm³/mol. The Morgan fingerprint density at radius 3 is 2.35 bits per heavy atom. The van der Waals surface area contributed by atoms with Gasteiger partial charge in [-0.3, -0.25) is 14.2 Å². The van der Waals surface area contributed by atoms with Crippen molar-refractivity contribution < 1.29 is 27.2 Å². The predicted octanol–water partition coefficient (Wildman–Crippen LogP) is 6.69. The molecule has 46 heavy (non-hydrogen) atoms. The van der Waals surface area contributed by atoms with Crippen LogP contribution in [-0.2, 0) is 0 Å². The number of unbranched alkanes of at least 4 members (excludes halogenated alkanes) is 4. The maximum Gasteiger partial charge on any atom is 0.261 e. The molecule has 0 bridgehead atoms. The molecule has 1 aliphatic rings. The fourth-order valence-corrected chi connectivity index (χ4v) is 6.02. The van der Waals surface area contributed by atoms with Crippen LogP contribution < -0.4 is 20.4 Å². The minimum atomic E-state index is -0.908. The van der Waals surface area contributed by atoms with Crippen LogP contribution in [0.5, 0.6) is 5.75 Å².